The lowest BCUT2D eigenvalue weighted by Crippen LogP contribution is -2.37. The Balaban J connectivity index is 2.01. The van der Waals surface area contributed by atoms with Crippen molar-refractivity contribution in [2.75, 3.05) is 32.1 Å². The number of rotatable bonds is 5. The average Bonchev–Trinajstić information content (AvgIpc) is 2.97. The maximum absolute atomic E-state index is 13.2. The quantitative estimate of drug-likeness (QED) is 0.489. The predicted octanol–water partition coefficient (Wildman–Crippen LogP) is 4.76. The van der Waals surface area contributed by atoms with Gasteiger partial charge in [-0.05, 0) is 67.0 Å². The van der Waals surface area contributed by atoms with Gasteiger partial charge in [-0.15, -0.1) is 0 Å². The second kappa shape index (κ2) is 7.99. The second-order valence-corrected chi connectivity index (χ2v) is 8.46. The van der Waals surface area contributed by atoms with Crippen LogP contribution in [-0.4, -0.2) is 43.0 Å². The number of likely N-dealkylation sites (N-methyl/N-ethyl adjacent to an activating group) is 1. The molecule has 3 rings (SSSR count). The summed E-state index contributed by atoms with van der Waals surface area (Å²) in [7, 11) is 3.99. The molecule has 0 fully saturated rings. The number of carbonyl (C=O) groups excluding carboxylic acids is 1. The summed E-state index contributed by atoms with van der Waals surface area (Å²) in [6.07, 6.45) is 0. The van der Waals surface area contributed by atoms with Crippen LogP contribution in [0, 0.1) is 3.57 Å². The van der Waals surface area contributed by atoms with E-state index in [4.69, 9.17) is 11.6 Å². The number of amides is 1. The van der Waals surface area contributed by atoms with Crippen LogP contribution in [0.4, 0.5) is 5.13 Å². The zero-order valence-corrected chi connectivity index (χ0v) is 17.6. The first-order chi connectivity index (χ1) is 12.0. The lowest BCUT2D eigenvalue weighted by atomic mass is 10.2. The van der Waals surface area contributed by atoms with Crippen molar-refractivity contribution in [1.82, 2.24) is 9.88 Å². The summed E-state index contributed by atoms with van der Waals surface area (Å²) in [6.45, 7) is 1.33. The Morgan fingerprint density at radius 2 is 1.96 bits per heavy atom. The van der Waals surface area contributed by atoms with E-state index in [1.54, 1.807) is 4.90 Å². The number of anilines is 1. The molecule has 0 aliphatic heterocycles. The molecule has 1 amide bonds. The van der Waals surface area contributed by atoms with E-state index in [1.165, 1.54) is 11.3 Å². The number of thiazole rings is 1. The Morgan fingerprint density at radius 1 is 1.20 bits per heavy atom. The van der Waals surface area contributed by atoms with Gasteiger partial charge in [0.15, 0.2) is 5.13 Å². The van der Waals surface area contributed by atoms with E-state index in [0.29, 0.717) is 22.3 Å². The molecule has 7 heteroatoms. The minimum Gasteiger partial charge on any atom is -0.308 e. The molecule has 130 valence electrons. The van der Waals surface area contributed by atoms with Gasteiger partial charge in [0.1, 0.15) is 0 Å². The molecular weight excluding hydrogens is 469 g/mol. The van der Waals surface area contributed by atoms with Crippen molar-refractivity contribution in [3.05, 3.63) is 56.6 Å². The molecule has 3 aromatic rings. The van der Waals surface area contributed by atoms with E-state index in [0.717, 1.165) is 20.3 Å². The van der Waals surface area contributed by atoms with Gasteiger partial charge in [-0.2, -0.15) is 0 Å². The number of benzene rings is 2. The van der Waals surface area contributed by atoms with Crippen molar-refractivity contribution >= 4 is 66.8 Å². The predicted molar refractivity (Wildman–Crippen MR) is 114 cm³/mol. The van der Waals surface area contributed by atoms with Gasteiger partial charge >= 0.3 is 0 Å². The van der Waals surface area contributed by atoms with Gasteiger partial charge in [-0.1, -0.05) is 35.1 Å². The van der Waals surface area contributed by atoms with E-state index in [-0.39, 0.29) is 5.91 Å². The molecule has 1 aromatic heterocycles. The van der Waals surface area contributed by atoms with Crippen LogP contribution in [0.3, 0.4) is 0 Å². The van der Waals surface area contributed by atoms with Crippen molar-refractivity contribution in [1.29, 1.82) is 0 Å². The van der Waals surface area contributed by atoms with Gasteiger partial charge in [0, 0.05) is 21.7 Å². The van der Waals surface area contributed by atoms with Crippen LogP contribution in [0.5, 0.6) is 0 Å². The molecule has 0 atom stereocenters. The van der Waals surface area contributed by atoms with Gasteiger partial charge < -0.3 is 4.90 Å². The van der Waals surface area contributed by atoms with Gasteiger partial charge in [-0.25, -0.2) is 4.98 Å². The number of hydrogen-bond acceptors (Lipinski definition) is 4. The Labute approximate surface area is 169 Å². The van der Waals surface area contributed by atoms with E-state index in [1.807, 2.05) is 56.6 Å². The number of nitrogens with zero attached hydrogens (tertiary/aromatic N) is 3. The maximum Gasteiger partial charge on any atom is 0.261 e. The van der Waals surface area contributed by atoms with Crippen LogP contribution in [0.25, 0.3) is 10.2 Å². The Kier molecular flexibility index (Phi) is 5.93. The summed E-state index contributed by atoms with van der Waals surface area (Å²) in [5.41, 5.74) is 1.55. The number of halogens is 2. The fraction of sp³-hybridized carbons (Fsp3) is 0.222. The normalized spacial score (nSPS) is 11.2. The van der Waals surface area contributed by atoms with Crippen molar-refractivity contribution in [2.45, 2.75) is 0 Å². The Hall–Kier alpha value is -1.22. The van der Waals surface area contributed by atoms with Crippen LogP contribution in [0.2, 0.25) is 5.02 Å². The third-order valence-electron chi connectivity index (χ3n) is 3.69. The monoisotopic (exact) mass is 485 g/mol. The molecule has 25 heavy (non-hydrogen) atoms. The summed E-state index contributed by atoms with van der Waals surface area (Å²) in [5.74, 6) is -0.0306. The fourth-order valence-electron chi connectivity index (χ4n) is 2.37. The minimum absolute atomic E-state index is 0.0306. The number of carbonyl (C=O) groups is 1. The SMILES string of the molecule is CN(C)CCN(C(=O)c1ccccc1I)c1nc2ccc(Cl)cc2s1. The lowest BCUT2D eigenvalue weighted by Gasteiger charge is -2.22. The number of fused-ring (bicyclic) bond motifs is 1. The molecule has 0 saturated heterocycles. The molecule has 0 spiro atoms. The molecule has 0 radical (unpaired) electrons. The van der Waals surface area contributed by atoms with Gasteiger partial charge in [0.2, 0.25) is 0 Å². The molecule has 1 heterocycles. The highest BCUT2D eigenvalue weighted by Crippen LogP contribution is 2.31. The molecule has 4 nitrogen and oxygen atoms in total. The van der Waals surface area contributed by atoms with Gasteiger partial charge in [-0.3, -0.25) is 9.69 Å². The first-order valence-electron chi connectivity index (χ1n) is 7.73. The summed E-state index contributed by atoms with van der Waals surface area (Å²) in [5, 5.41) is 1.37. The summed E-state index contributed by atoms with van der Waals surface area (Å²) < 4.78 is 1.91. The first kappa shape index (κ1) is 18.6. The molecule has 0 aliphatic rings. The van der Waals surface area contributed by atoms with Crippen LogP contribution >= 0.6 is 45.5 Å². The number of aromatic nitrogens is 1. The smallest absolute Gasteiger partial charge is 0.261 e. The van der Waals surface area contributed by atoms with Crippen molar-refractivity contribution in [3.8, 4) is 0 Å². The van der Waals surface area contributed by atoms with Gasteiger partial charge in [0.05, 0.1) is 15.8 Å². The van der Waals surface area contributed by atoms with Crippen LogP contribution in [-0.2, 0) is 0 Å². The van der Waals surface area contributed by atoms with E-state index >= 15 is 0 Å². The van der Waals surface area contributed by atoms with Crippen LogP contribution in [0.1, 0.15) is 10.4 Å². The molecule has 0 aliphatic carbocycles. The highest BCUT2D eigenvalue weighted by molar-refractivity contribution is 14.1. The van der Waals surface area contributed by atoms with Crippen LogP contribution < -0.4 is 4.90 Å². The van der Waals surface area contributed by atoms with Crippen molar-refractivity contribution in [2.24, 2.45) is 0 Å². The third kappa shape index (κ3) is 4.31. The number of hydrogen-bond donors (Lipinski definition) is 0. The molecule has 0 saturated carbocycles. The first-order valence-corrected chi connectivity index (χ1v) is 10.0. The topological polar surface area (TPSA) is 36.4 Å². The van der Waals surface area contributed by atoms with E-state index in [9.17, 15) is 4.79 Å². The van der Waals surface area contributed by atoms with Crippen molar-refractivity contribution in [3.63, 3.8) is 0 Å². The molecule has 2 aromatic carbocycles. The largest absolute Gasteiger partial charge is 0.308 e. The molecular formula is C18H17ClIN3OS. The second-order valence-electron chi connectivity index (χ2n) is 5.85. The summed E-state index contributed by atoms with van der Waals surface area (Å²) in [6, 6.07) is 13.2. The summed E-state index contributed by atoms with van der Waals surface area (Å²) in [4.78, 5) is 21.6. The lowest BCUT2D eigenvalue weighted by molar-refractivity contribution is 0.0984. The highest BCUT2D eigenvalue weighted by Gasteiger charge is 2.22. The Morgan fingerprint density at radius 3 is 2.68 bits per heavy atom. The zero-order valence-electron chi connectivity index (χ0n) is 13.9. The molecule has 0 unspecified atom stereocenters. The minimum atomic E-state index is -0.0306. The van der Waals surface area contributed by atoms with E-state index < -0.39 is 0 Å². The zero-order chi connectivity index (χ0) is 18.0. The average molecular weight is 486 g/mol. The molecule has 0 bridgehead atoms. The fourth-order valence-corrected chi connectivity index (χ4v) is 4.25. The summed E-state index contributed by atoms with van der Waals surface area (Å²) >= 11 is 9.77. The van der Waals surface area contributed by atoms with Crippen molar-refractivity contribution < 1.29 is 4.79 Å². The van der Waals surface area contributed by atoms with Gasteiger partial charge in [0.25, 0.3) is 5.91 Å². The van der Waals surface area contributed by atoms with E-state index in [2.05, 4.69) is 32.5 Å². The standard InChI is InChI=1S/C18H17ClIN3OS/c1-22(2)9-10-23(17(24)13-5-3-4-6-14(13)20)18-21-15-8-7-12(19)11-16(15)25-18/h3-8,11H,9-10H2,1-2H3. The highest BCUT2D eigenvalue weighted by atomic mass is 127. The maximum atomic E-state index is 13.2. The Bertz CT molecular complexity index is 912. The third-order valence-corrected chi connectivity index (χ3v) is 5.91. The molecule has 0 N–H and O–H groups in total. The van der Waals surface area contributed by atoms with Crippen LogP contribution in [0.15, 0.2) is 42.5 Å².